The minimum absolute atomic E-state index is 0.600. The molecule has 4 N–H and O–H groups in total. The minimum Gasteiger partial charge on any atom is -0.480 e. The number of carbonyl (C=O) groups is 1. The van der Waals surface area contributed by atoms with Crippen LogP contribution in [0.15, 0.2) is 18.7 Å². The predicted octanol–water partition coefficient (Wildman–Crippen LogP) is 2.95. The molecule has 1 aromatic rings. The second-order valence-corrected chi connectivity index (χ2v) is 4.78. The zero-order valence-electron chi connectivity index (χ0n) is 12.1. The number of aromatic amines is 1. The molecule has 0 amide bonds. The van der Waals surface area contributed by atoms with Gasteiger partial charge in [0.25, 0.3) is 0 Å². The van der Waals surface area contributed by atoms with Crippen LogP contribution >= 0.6 is 0 Å². The highest BCUT2D eigenvalue weighted by atomic mass is 16.4. The molecule has 1 unspecified atom stereocenters. The summed E-state index contributed by atoms with van der Waals surface area (Å²) in [6, 6.07) is 0. The van der Waals surface area contributed by atoms with Crippen LogP contribution < -0.4 is 5.73 Å². The number of unbranched alkanes of at least 4 members (excludes halogenated alkanes) is 3. The van der Waals surface area contributed by atoms with Gasteiger partial charge in [-0.2, -0.15) is 0 Å². The molecule has 5 heteroatoms. The van der Waals surface area contributed by atoms with Gasteiger partial charge in [-0.3, -0.25) is 4.79 Å². The summed E-state index contributed by atoms with van der Waals surface area (Å²) >= 11 is 0. The number of imidazole rings is 1. The molecule has 5 nitrogen and oxygen atoms in total. The molecular formula is C14H27N3O2. The van der Waals surface area contributed by atoms with Crippen LogP contribution in [-0.4, -0.2) is 26.6 Å². The number of nitrogens with one attached hydrogen (secondary N) is 1. The molecule has 1 atom stereocenters. The molecule has 0 saturated heterocycles. The van der Waals surface area contributed by atoms with Crippen molar-refractivity contribution < 1.29 is 9.90 Å². The van der Waals surface area contributed by atoms with Crippen LogP contribution in [0.25, 0.3) is 0 Å². The van der Waals surface area contributed by atoms with E-state index in [2.05, 4.69) is 16.9 Å². The average molecular weight is 269 g/mol. The molecule has 110 valence electrons. The Hall–Kier alpha value is -1.36. The Balaban J connectivity index is 0.000000532. The summed E-state index contributed by atoms with van der Waals surface area (Å²) in [5, 5.41) is 9.03. The Morgan fingerprint density at radius 3 is 2.26 bits per heavy atom. The number of nitrogens with two attached hydrogens (primary N) is 1. The molecule has 0 aliphatic rings. The van der Waals surface area contributed by atoms with E-state index < -0.39 is 11.5 Å². The van der Waals surface area contributed by atoms with Crippen LogP contribution in [-0.2, 0) is 4.79 Å². The van der Waals surface area contributed by atoms with Crippen molar-refractivity contribution in [2.24, 2.45) is 5.73 Å². The molecule has 0 saturated carbocycles. The lowest BCUT2D eigenvalue weighted by molar-refractivity contribution is -0.144. The predicted molar refractivity (Wildman–Crippen MR) is 76.8 cm³/mol. The van der Waals surface area contributed by atoms with Crippen molar-refractivity contribution in [1.29, 1.82) is 0 Å². The summed E-state index contributed by atoms with van der Waals surface area (Å²) in [4.78, 5) is 17.4. The number of hydrogen-bond acceptors (Lipinski definition) is 3. The first kappa shape index (κ1) is 17.6. The lowest BCUT2D eigenvalue weighted by Gasteiger charge is -2.24. The van der Waals surface area contributed by atoms with Gasteiger partial charge in [0.2, 0.25) is 0 Å². The van der Waals surface area contributed by atoms with Crippen LogP contribution in [0.5, 0.6) is 0 Å². The van der Waals surface area contributed by atoms with Crippen molar-refractivity contribution in [3.8, 4) is 0 Å². The summed E-state index contributed by atoms with van der Waals surface area (Å²) in [6.07, 6.45) is 11.3. The van der Waals surface area contributed by atoms with Crippen LogP contribution in [0.3, 0.4) is 0 Å². The van der Waals surface area contributed by atoms with Crippen molar-refractivity contribution in [3.05, 3.63) is 18.7 Å². The summed E-state index contributed by atoms with van der Waals surface area (Å²) in [7, 11) is 0. The van der Waals surface area contributed by atoms with E-state index in [-0.39, 0.29) is 0 Å². The second-order valence-electron chi connectivity index (χ2n) is 4.78. The van der Waals surface area contributed by atoms with Gasteiger partial charge in [-0.1, -0.05) is 46.0 Å². The highest BCUT2D eigenvalue weighted by Gasteiger charge is 2.32. The monoisotopic (exact) mass is 269 g/mol. The second kappa shape index (κ2) is 10.6. The summed E-state index contributed by atoms with van der Waals surface area (Å²) in [5.74, 6) is -0.845. The van der Waals surface area contributed by atoms with Gasteiger partial charge < -0.3 is 15.8 Å². The van der Waals surface area contributed by atoms with Crippen molar-refractivity contribution in [3.63, 3.8) is 0 Å². The Kier molecular flexibility index (Phi) is 9.80. The molecule has 1 aromatic heterocycles. The number of H-pyrrole nitrogens is 1. The molecule has 0 aliphatic heterocycles. The minimum atomic E-state index is -0.981. The third kappa shape index (κ3) is 8.37. The van der Waals surface area contributed by atoms with E-state index in [4.69, 9.17) is 10.8 Å². The van der Waals surface area contributed by atoms with E-state index in [0.717, 1.165) is 32.1 Å². The normalized spacial score (nSPS) is 13.2. The fourth-order valence-electron chi connectivity index (χ4n) is 1.74. The number of carboxylic acid groups (broad SMARTS) is 1. The zero-order valence-corrected chi connectivity index (χ0v) is 12.1. The maximum absolute atomic E-state index is 11.0. The molecule has 0 aromatic carbocycles. The maximum Gasteiger partial charge on any atom is 0.323 e. The highest BCUT2D eigenvalue weighted by Crippen LogP contribution is 2.19. The standard InChI is InChI=1S/C11H23NO2.C3H4N2/c1-3-5-7-9-11(12,10(13)14)8-6-4-2;1-2-5-3-4-1/h3-9,12H2,1-2H3,(H,13,14);1-3H,(H,4,5). The third-order valence-electron chi connectivity index (χ3n) is 3.03. The average Bonchev–Trinajstić information content (AvgIpc) is 2.95. The molecule has 19 heavy (non-hydrogen) atoms. The number of aliphatic carboxylic acids is 1. The van der Waals surface area contributed by atoms with Crippen molar-refractivity contribution in [2.45, 2.75) is 64.3 Å². The van der Waals surface area contributed by atoms with Gasteiger partial charge in [-0.15, -0.1) is 0 Å². The van der Waals surface area contributed by atoms with Crippen molar-refractivity contribution >= 4 is 5.97 Å². The fraction of sp³-hybridized carbons (Fsp3) is 0.714. The van der Waals surface area contributed by atoms with Gasteiger partial charge in [0.05, 0.1) is 6.33 Å². The summed E-state index contributed by atoms with van der Waals surface area (Å²) in [6.45, 7) is 4.15. The number of rotatable bonds is 8. The Bertz CT molecular complexity index is 297. The molecule has 0 spiro atoms. The first-order chi connectivity index (χ1) is 9.06. The Morgan fingerprint density at radius 1 is 1.26 bits per heavy atom. The van der Waals surface area contributed by atoms with Gasteiger partial charge in [-0.25, -0.2) is 4.98 Å². The first-order valence-electron chi connectivity index (χ1n) is 7.01. The van der Waals surface area contributed by atoms with Gasteiger partial charge in [0.15, 0.2) is 0 Å². The van der Waals surface area contributed by atoms with Crippen LogP contribution in [0.4, 0.5) is 0 Å². The lowest BCUT2D eigenvalue weighted by atomic mass is 9.88. The van der Waals surface area contributed by atoms with Gasteiger partial charge >= 0.3 is 5.97 Å². The maximum atomic E-state index is 11.0. The van der Waals surface area contributed by atoms with E-state index >= 15 is 0 Å². The Morgan fingerprint density at radius 2 is 1.89 bits per heavy atom. The molecule has 0 bridgehead atoms. The van der Waals surface area contributed by atoms with E-state index in [1.807, 2.05) is 6.92 Å². The zero-order chi connectivity index (χ0) is 14.6. The summed E-state index contributed by atoms with van der Waals surface area (Å²) in [5.41, 5.74) is 4.89. The van der Waals surface area contributed by atoms with Gasteiger partial charge in [0.1, 0.15) is 5.54 Å². The molecular weight excluding hydrogens is 242 g/mol. The molecule has 0 radical (unpaired) electrons. The Labute approximate surface area is 115 Å². The SMILES string of the molecule is CCCCCC(N)(CCCC)C(=O)O.c1c[nH]cn1. The number of hydrogen-bond donors (Lipinski definition) is 3. The van der Waals surface area contributed by atoms with E-state index in [0.29, 0.717) is 12.8 Å². The largest absolute Gasteiger partial charge is 0.480 e. The molecule has 1 heterocycles. The topological polar surface area (TPSA) is 92.0 Å². The van der Waals surface area contributed by atoms with Crippen LogP contribution in [0, 0.1) is 0 Å². The first-order valence-corrected chi connectivity index (χ1v) is 7.01. The fourth-order valence-corrected chi connectivity index (χ4v) is 1.74. The van der Waals surface area contributed by atoms with Crippen molar-refractivity contribution in [1.82, 2.24) is 9.97 Å². The molecule has 1 rings (SSSR count). The van der Waals surface area contributed by atoms with Gasteiger partial charge in [-0.05, 0) is 12.8 Å². The number of carboxylic acids is 1. The number of aromatic nitrogens is 2. The van der Waals surface area contributed by atoms with E-state index in [1.165, 1.54) is 0 Å². The van der Waals surface area contributed by atoms with Gasteiger partial charge in [0, 0.05) is 12.4 Å². The van der Waals surface area contributed by atoms with Crippen molar-refractivity contribution in [2.75, 3.05) is 0 Å². The molecule has 0 fully saturated rings. The smallest absolute Gasteiger partial charge is 0.323 e. The van der Waals surface area contributed by atoms with E-state index in [1.54, 1.807) is 18.7 Å². The van der Waals surface area contributed by atoms with E-state index in [9.17, 15) is 4.79 Å². The van der Waals surface area contributed by atoms with Crippen LogP contribution in [0.2, 0.25) is 0 Å². The highest BCUT2D eigenvalue weighted by molar-refractivity contribution is 5.78. The number of nitrogens with zero attached hydrogens (tertiary/aromatic N) is 1. The third-order valence-corrected chi connectivity index (χ3v) is 3.03. The quantitative estimate of drug-likeness (QED) is 0.633. The molecule has 0 aliphatic carbocycles. The van der Waals surface area contributed by atoms with Crippen LogP contribution in [0.1, 0.15) is 58.8 Å². The lowest BCUT2D eigenvalue weighted by Crippen LogP contribution is -2.47. The summed E-state index contributed by atoms with van der Waals surface area (Å²) < 4.78 is 0.